The molecule has 0 saturated heterocycles. The van der Waals surface area contributed by atoms with Crippen LogP contribution in [0.15, 0.2) is 35.4 Å². The van der Waals surface area contributed by atoms with Gasteiger partial charge in [0.15, 0.2) is 5.82 Å². The van der Waals surface area contributed by atoms with Crippen molar-refractivity contribution in [3.63, 3.8) is 0 Å². The second-order valence-electron chi connectivity index (χ2n) is 4.38. The second-order valence-corrected chi connectivity index (χ2v) is 5.78. The number of fused-ring (bicyclic) bond motifs is 1. The molecule has 2 heterocycles. The lowest BCUT2D eigenvalue weighted by atomic mass is 10.2. The molecule has 3 aromatic rings. The summed E-state index contributed by atoms with van der Waals surface area (Å²) in [5, 5.41) is 6.70. The molecule has 1 atom stereocenters. The van der Waals surface area contributed by atoms with Crippen LogP contribution in [0.1, 0.15) is 5.56 Å². The highest BCUT2D eigenvalue weighted by atomic mass is 32.2. The number of benzene rings is 1. The third-order valence-corrected chi connectivity index (χ3v) is 4.20. The maximum absolute atomic E-state index is 13.6. The summed E-state index contributed by atoms with van der Waals surface area (Å²) in [6, 6.07) is 6.22. The lowest BCUT2D eigenvalue weighted by Gasteiger charge is -2.04. The zero-order valence-electron chi connectivity index (χ0n) is 10.6. The first-order valence-corrected chi connectivity index (χ1v) is 7.29. The van der Waals surface area contributed by atoms with Crippen molar-refractivity contribution in [2.45, 2.75) is 10.8 Å². The highest BCUT2D eigenvalue weighted by molar-refractivity contribution is 7.84. The number of nitrogens with two attached hydrogens (primary N) is 1. The molecule has 8 heteroatoms. The van der Waals surface area contributed by atoms with Crippen LogP contribution in [0, 0.1) is 11.6 Å². The Hall–Kier alpha value is -2.35. The third kappa shape index (κ3) is 2.62. The van der Waals surface area contributed by atoms with E-state index in [2.05, 4.69) is 15.2 Å². The number of halogens is 2. The van der Waals surface area contributed by atoms with Gasteiger partial charge in [-0.25, -0.2) is 13.8 Å². The van der Waals surface area contributed by atoms with Crippen LogP contribution in [-0.2, 0) is 16.6 Å². The van der Waals surface area contributed by atoms with E-state index < -0.39 is 22.4 Å². The molecule has 1 aromatic carbocycles. The number of rotatable bonds is 3. The van der Waals surface area contributed by atoms with Crippen molar-refractivity contribution in [1.29, 1.82) is 0 Å². The normalized spacial score (nSPS) is 12.7. The van der Waals surface area contributed by atoms with Gasteiger partial charge in [-0.3, -0.25) is 9.31 Å². The third-order valence-electron chi connectivity index (χ3n) is 2.94. The number of nitrogen functional groups attached to an aromatic ring is 1. The molecule has 0 spiro atoms. The van der Waals surface area contributed by atoms with Crippen LogP contribution >= 0.6 is 0 Å². The van der Waals surface area contributed by atoms with E-state index in [4.69, 9.17) is 5.73 Å². The Morgan fingerprint density at radius 1 is 1.24 bits per heavy atom. The number of nitrogens with one attached hydrogen (secondary N) is 1. The largest absolute Gasteiger partial charge is 0.380 e. The van der Waals surface area contributed by atoms with Crippen molar-refractivity contribution in [2.24, 2.45) is 0 Å². The summed E-state index contributed by atoms with van der Waals surface area (Å²) < 4.78 is 38.9. The predicted octanol–water partition coefficient (Wildman–Crippen LogP) is 2.13. The standard InChI is InChI=1S/C13H10F2N4OS/c14-8-1-2-9(15)7(5-8)6-21(20)11-4-3-10-12(17-11)13(16)19-18-10/h1-5H,6H2,(H3,16,18,19). The molecule has 0 amide bonds. The number of aromatic amines is 1. The van der Waals surface area contributed by atoms with Gasteiger partial charge in [-0.1, -0.05) is 0 Å². The number of hydrogen-bond donors (Lipinski definition) is 2. The monoisotopic (exact) mass is 308 g/mol. The number of nitrogens with zero attached hydrogens (tertiary/aromatic N) is 2. The van der Waals surface area contributed by atoms with Crippen molar-refractivity contribution in [3.8, 4) is 0 Å². The molecule has 5 nitrogen and oxygen atoms in total. The fraction of sp³-hybridized carbons (Fsp3) is 0.0769. The molecule has 0 radical (unpaired) electrons. The number of aromatic nitrogens is 3. The predicted molar refractivity (Wildman–Crippen MR) is 74.8 cm³/mol. The summed E-state index contributed by atoms with van der Waals surface area (Å²) in [7, 11) is -1.62. The van der Waals surface area contributed by atoms with Gasteiger partial charge < -0.3 is 5.73 Å². The van der Waals surface area contributed by atoms with Gasteiger partial charge in [0.2, 0.25) is 0 Å². The van der Waals surface area contributed by atoms with Crippen molar-refractivity contribution in [2.75, 3.05) is 5.73 Å². The van der Waals surface area contributed by atoms with Gasteiger partial charge in [-0.2, -0.15) is 5.10 Å². The van der Waals surface area contributed by atoms with Crippen molar-refractivity contribution < 1.29 is 13.0 Å². The molecule has 0 fully saturated rings. The minimum atomic E-state index is -1.62. The Kier molecular flexibility index (Phi) is 3.38. The molecule has 21 heavy (non-hydrogen) atoms. The molecule has 0 aliphatic rings. The van der Waals surface area contributed by atoms with E-state index in [1.807, 2.05) is 0 Å². The molecule has 2 aromatic heterocycles. The first-order chi connectivity index (χ1) is 10.0. The highest BCUT2D eigenvalue weighted by Crippen LogP contribution is 2.19. The maximum atomic E-state index is 13.6. The van der Waals surface area contributed by atoms with Crippen LogP contribution in [0.2, 0.25) is 0 Å². The van der Waals surface area contributed by atoms with Gasteiger partial charge in [-0.05, 0) is 30.3 Å². The summed E-state index contributed by atoms with van der Waals surface area (Å²) in [5.74, 6) is -1.15. The summed E-state index contributed by atoms with van der Waals surface area (Å²) in [6.07, 6.45) is 0. The van der Waals surface area contributed by atoms with E-state index >= 15 is 0 Å². The molecule has 3 rings (SSSR count). The lowest BCUT2D eigenvalue weighted by molar-refractivity contribution is 0.590. The number of H-pyrrole nitrogens is 1. The van der Waals surface area contributed by atoms with Gasteiger partial charge in [-0.15, -0.1) is 0 Å². The summed E-state index contributed by atoms with van der Waals surface area (Å²) >= 11 is 0. The average Bonchev–Trinajstić information content (AvgIpc) is 2.84. The fourth-order valence-corrected chi connectivity index (χ4v) is 2.96. The first-order valence-electron chi connectivity index (χ1n) is 5.97. The smallest absolute Gasteiger partial charge is 0.171 e. The fourth-order valence-electron chi connectivity index (χ4n) is 1.90. The molecular weight excluding hydrogens is 298 g/mol. The summed E-state index contributed by atoms with van der Waals surface area (Å²) in [6.45, 7) is 0. The van der Waals surface area contributed by atoms with Gasteiger partial charge in [0, 0.05) is 5.56 Å². The van der Waals surface area contributed by atoms with E-state index in [9.17, 15) is 13.0 Å². The Balaban J connectivity index is 1.93. The van der Waals surface area contributed by atoms with Crippen LogP contribution < -0.4 is 5.73 Å². The molecule has 0 aliphatic heterocycles. The van der Waals surface area contributed by atoms with Gasteiger partial charge >= 0.3 is 0 Å². The Bertz CT molecular complexity index is 849. The Morgan fingerprint density at radius 3 is 2.86 bits per heavy atom. The topological polar surface area (TPSA) is 84.7 Å². The zero-order valence-corrected chi connectivity index (χ0v) is 11.5. The molecular formula is C13H10F2N4OS. The maximum Gasteiger partial charge on any atom is 0.171 e. The minimum Gasteiger partial charge on any atom is -0.380 e. The number of pyridine rings is 1. The van der Waals surface area contributed by atoms with Crippen molar-refractivity contribution >= 4 is 27.7 Å². The SMILES string of the molecule is Nc1n[nH]c2ccc(S(=O)Cc3cc(F)ccc3F)nc12. The number of anilines is 1. The van der Waals surface area contributed by atoms with E-state index in [0.717, 1.165) is 18.2 Å². The van der Waals surface area contributed by atoms with Crippen molar-refractivity contribution in [1.82, 2.24) is 15.2 Å². The molecule has 0 saturated carbocycles. The zero-order chi connectivity index (χ0) is 15.0. The average molecular weight is 308 g/mol. The lowest BCUT2D eigenvalue weighted by Crippen LogP contribution is -2.02. The molecule has 0 bridgehead atoms. The van der Waals surface area contributed by atoms with Crippen LogP contribution in [0.4, 0.5) is 14.6 Å². The van der Waals surface area contributed by atoms with E-state index in [0.29, 0.717) is 11.0 Å². The Morgan fingerprint density at radius 2 is 2.05 bits per heavy atom. The van der Waals surface area contributed by atoms with E-state index in [-0.39, 0.29) is 22.2 Å². The van der Waals surface area contributed by atoms with E-state index in [1.165, 1.54) is 6.07 Å². The quantitative estimate of drug-likeness (QED) is 0.776. The first kappa shape index (κ1) is 13.6. The summed E-state index contributed by atoms with van der Waals surface area (Å²) in [4.78, 5) is 4.15. The second kappa shape index (κ2) is 5.21. The van der Waals surface area contributed by atoms with Crippen LogP contribution in [0.3, 0.4) is 0 Å². The van der Waals surface area contributed by atoms with Gasteiger partial charge in [0.05, 0.1) is 22.1 Å². The minimum absolute atomic E-state index is 0.0374. The van der Waals surface area contributed by atoms with Crippen LogP contribution in [0.25, 0.3) is 11.0 Å². The van der Waals surface area contributed by atoms with Crippen LogP contribution in [0.5, 0.6) is 0 Å². The van der Waals surface area contributed by atoms with Crippen molar-refractivity contribution in [3.05, 3.63) is 47.5 Å². The number of hydrogen-bond acceptors (Lipinski definition) is 4. The summed E-state index contributed by atoms with van der Waals surface area (Å²) in [5.41, 5.74) is 6.69. The molecule has 3 N–H and O–H groups in total. The Labute approximate surface area is 120 Å². The van der Waals surface area contributed by atoms with E-state index in [1.54, 1.807) is 6.07 Å². The van der Waals surface area contributed by atoms with Gasteiger partial charge in [0.1, 0.15) is 22.2 Å². The van der Waals surface area contributed by atoms with Crippen LogP contribution in [-0.4, -0.2) is 19.4 Å². The molecule has 0 aliphatic carbocycles. The molecule has 1 unspecified atom stereocenters. The molecule has 108 valence electrons. The highest BCUT2D eigenvalue weighted by Gasteiger charge is 2.13. The van der Waals surface area contributed by atoms with Gasteiger partial charge in [0.25, 0.3) is 0 Å².